The largest absolute Gasteiger partial charge is 0.508 e. The Labute approximate surface area is 119 Å². The molecule has 2 N–H and O–H groups in total. The van der Waals surface area contributed by atoms with Gasteiger partial charge in [0.05, 0.1) is 4.90 Å². The van der Waals surface area contributed by atoms with Crippen LogP contribution in [0, 0.1) is 0 Å². The molecule has 0 aliphatic carbocycles. The molecule has 0 saturated heterocycles. The Balaban J connectivity index is 2.15. The minimum absolute atomic E-state index is 0.0419. The van der Waals surface area contributed by atoms with Gasteiger partial charge in [-0.2, -0.15) is 0 Å². The third kappa shape index (κ3) is 3.37. The first-order chi connectivity index (χ1) is 9.53. The van der Waals surface area contributed by atoms with Gasteiger partial charge in [0.25, 0.3) is 0 Å². The molecule has 2 aromatic rings. The van der Waals surface area contributed by atoms with E-state index in [1.807, 2.05) is 31.2 Å². The summed E-state index contributed by atoms with van der Waals surface area (Å²) in [5, 5.41) is 9.18. The van der Waals surface area contributed by atoms with Crippen LogP contribution in [-0.4, -0.2) is 13.5 Å². The van der Waals surface area contributed by atoms with Gasteiger partial charge in [-0.25, -0.2) is 13.1 Å². The van der Waals surface area contributed by atoms with Gasteiger partial charge >= 0.3 is 0 Å². The number of benzene rings is 2. The van der Waals surface area contributed by atoms with Crippen molar-refractivity contribution in [3.63, 3.8) is 0 Å². The molecular formula is C15H17NO3S. The van der Waals surface area contributed by atoms with Gasteiger partial charge in [0.1, 0.15) is 5.75 Å². The number of rotatable bonds is 5. The van der Waals surface area contributed by atoms with E-state index in [2.05, 4.69) is 4.72 Å². The summed E-state index contributed by atoms with van der Waals surface area (Å²) in [5.41, 5.74) is 2.10. The zero-order chi connectivity index (χ0) is 14.6. The van der Waals surface area contributed by atoms with Crippen LogP contribution >= 0.6 is 0 Å². The maximum Gasteiger partial charge on any atom is 0.240 e. The number of hydrogen-bond acceptors (Lipinski definition) is 3. The Morgan fingerprint density at radius 2 is 1.60 bits per heavy atom. The van der Waals surface area contributed by atoms with E-state index < -0.39 is 10.0 Å². The lowest BCUT2D eigenvalue weighted by atomic mass is 10.1. The molecule has 0 amide bonds. The molecule has 20 heavy (non-hydrogen) atoms. The van der Waals surface area contributed by atoms with E-state index in [-0.39, 0.29) is 17.2 Å². The minimum Gasteiger partial charge on any atom is -0.508 e. The van der Waals surface area contributed by atoms with Gasteiger partial charge in [0, 0.05) is 6.54 Å². The van der Waals surface area contributed by atoms with E-state index in [1.54, 1.807) is 0 Å². The minimum atomic E-state index is -3.56. The second-order valence-electron chi connectivity index (χ2n) is 4.44. The smallest absolute Gasteiger partial charge is 0.240 e. The maximum atomic E-state index is 12.1. The summed E-state index contributed by atoms with van der Waals surface area (Å²) in [6.45, 7) is 2.29. The summed E-state index contributed by atoms with van der Waals surface area (Å²) in [5.74, 6) is 0.0419. The van der Waals surface area contributed by atoms with Crippen molar-refractivity contribution >= 4 is 10.0 Å². The van der Waals surface area contributed by atoms with Crippen LogP contribution in [0.3, 0.4) is 0 Å². The lowest BCUT2D eigenvalue weighted by Crippen LogP contribution is -2.23. The maximum absolute atomic E-state index is 12.1. The lowest BCUT2D eigenvalue weighted by Gasteiger charge is -2.10. The molecule has 0 bridgehead atoms. The van der Waals surface area contributed by atoms with Crippen molar-refractivity contribution in [3.05, 3.63) is 59.7 Å². The highest BCUT2D eigenvalue weighted by molar-refractivity contribution is 7.89. The van der Waals surface area contributed by atoms with Gasteiger partial charge in [0.2, 0.25) is 10.0 Å². The Morgan fingerprint density at radius 1 is 1.00 bits per heavy atom. The molecule has 0 heterocycles. The van der Waals surface area contributed by atoms with Crippen LogP contribution in [0.4, 0.5) is 0 Å². The predicted molar refractivity (Wildman–Crippen MR) is 78.0 cm³/mol. The number of hydrogen-bond donors (Lipinski definition) is 2. The van der Waals surface area contributed by atoms with Crippen molar-refractivity contribution in [1.29, 1.82) is 0 Å². The molecule has 2 aromatic carbocycles. The van der Waals surface area contributed by atoms with Crippen LogP contribution in [0.15, 0.2) is 53.4 Å². The summed E-state index contributed by atoms with van der Waals surface area (Å²) in [4.78, 5) is 0.143. The van der Waals surface area contributed by atoms with Crippen molar-refractivity contribution in [1.82, 2.24) is 4.72 Å². The Hall–Kier alpha value is -1.85. The molecule has 0 aliphatic heterocycles. The summed E-state index contributed by atoms with van der Waals surface area (Å²) in [7, 11) is -3.56. The molecule has 0 saturated carbocycles. The lowest BCUT2D eigenvalue weighted by molar-refractivity contribution is 0.474. The van der Waals surface area contributed by atoms with E-state index in [0.717, 1.165) is 17.5 Å². The van der Waals surface area contributed by atoms with Crippen molar-refractivity contribution in [2.24, 2.45) is 0 Å². The number of sulfonamides is 1. The monoisotopic (exact) mass is 291 g/mol. The topological polar surface area (TPSA) is 66.4 Å². The normalized spacial score (nSPS) is 11.4. The highest BCUT2D eigenvalue weighted by atomic mass is 32.2. The van der Waals surface area contributed by atoms with E-state index >= 15 is 0 Å². The Bertz CT molecular complexity index is 679. The zero-order valence-electron chi connectivity index (χ0n) is 11.2. The first-order valence-corrected chi connectivity index (χ1v) is 7.86. The standard InChI is InChI=1S/C15H17NO3S/c1-2-12-5-3-4-6-13(12)11-16-20(18,19)15-9-7-14(17)8-10-15/h3-10,16-17H,2,11H2,1H3. The molecule has 0 radical (unpaired) electrons. The summed E-state index contributed by atoms with van der Waals surface area (Å²) in [6, 6.07) is 13.2. The number of aromatic hydroxyl groups is 1. The van der Waals surface area contributed by atoms with Gasteiger partial charge in [-0.3, -0.25) is 0 Å². The van der Waals surface area contributed by atoms with Crippen LogP contribution in [0.1, 0.15) is 18.1 Å². The third-order valence-electron chi connectivity index (χ3n) is 3.10. The number of phenolic OH excluding ortho intramolecular Hbond substituents is 1. The van der Waals surface area contributed by atoms with Crippen LogP contribution in [0.5, 0.6) is 5.75 Å². The molecule has 106 valence electrons. The molecule has 0 atom stereocenters. The molecule has 2 rings (SSSR count). The van der Waals surface area contributed by atoms with E-state index in [4.69, 9.17) is 0 Å². The Kier molecular flexibility index (Phi) is 4.42. The second kappa shape index (κ2) is 6.07. The molecule has 0 unspecified atom stereocenters. The van der Waals surface area contributed by atoms with Gasteiger partial charge in [0.15, 0.2) is 0 Å². The molecular weight excluding hydrogens is 274 g/mol. The van der Waals surface area contributed by atoms with Gasteiger partial charge < -0.3 is 5.11 Å². The number of aryl methyl sites for hydroxylation is 1. The van der Waals surface area contributed by atoms with Gasteiger partial charge in [-0.05, 0) is 41.8 Å². The van der Waals surface area contributed by atoms with Crippen LogP contribution in [0.25, 0.3) is 0 Å². The van der Waals surface area contributed by atoms with Crippen molar-refractivity contribution < 1.29 is 13.5 Å². The third-order valence-corrected chi connectivity index (χ3v) is 4.52. The molecule has 0 fully saturated rings. The fourth-order valence-electron chi connectivity index (χ4n) is 1.96. The molecule has 0 spiro atoms. The average molecular weight is 291 g/mol. The zero-order valence-corrected chi connectivity index (χ0v) is 12.0. The van der Waals surface area contributed by atoms with E-state index in [0.29, 0.717) is 0 Å². The summed E-state index contributed by atoms with van der Waals surface area (Å²) in [6.07, 6.45) is 0.858. The highest BCUT2D eigenvalue weighted by Gasteiger charge is 2.14. The van der Waals surface area contributed by atoms with Crippen LogP contribution in [-0.2, 0) is 23.0 Å². The highest BCUT2D eigenvalue weighted by Crippen LogP contribution is 2.15. The molecule has 0 aromatic heterocycles. The van der Waals surface area contributed by atoms with E-state index in [1.165, 1.54) is 24.3 Å². The van der Waals surface area contributed by atoms with Gasteiger partial charge in [-0.1, -0.05) is 31.2 Å². The summed E-state index contributed by atoms with van der Waals surface area (Å²) < 4.78 is 26.8. The summed E-state index contributed by atoms with van der Waals surface area (Å²) >= 11 is 0. The molecule has 0 aliphatic rings. The predicted octanol–water partition coefficient (Wildman–Crippen LogP) is 2.43. The first-order valence-electron chi connectivity index (χ1n) is 6.38. The SMILES string of the molecule is CCc1ccccc1CNS(=O)(=O)c1ccc(O)cc1. The quantitative estimate of drug-likeness (QED) is 0.889. The fourth-order valence-corrected chi connectivity index (χ4v) is 2.96. The van der Waals surface area contributed by atoms with Crippen LogP contribution < -0.4 is 4.72 Å². The fraction of sp³-hybridized carbons (Fsp3) is 0.200. The first kappa shape index (κ1) is 14.6. The van der Waals surface area contributed by atoms with Crippen molar-refractivity contribution in [3.8, 4) is 5.75 Å². The van der Waals surface area contributed by atoms with Crippen molar-refractivity contribution in [2.45, 2.75) is 24.8 Å². The van der Waals surface area contributed by atoms with E-state index in [9.17, 15) is 13.5 Å². The van der Waals surface area contributed by atoms with Crippen molar-refractivity contribution in [2.75, 3.05) is 0 Å². The number of phenols is 1. The van der Waals surface area contributed by atoms with Gasteiger partial charge in [-0.15, -0.1) is 0 Å². The molecule has 5 heteroatoms. The molecule has 4 nitrogen and oxygen atoms in total. The number of nitrogens with one attached hydrogen (secondary N) is 1. The van der Waals surface area contributed by atoms with Crippen LogP contribution in [0.2, 0.25) is 0 Å². The average Bonchev–Trinajstić information content (AvgIpc) is 2.46. The second-order valence-corrected chi connectivity index (χ2v) is 6.21. The Morgan fingerprint density at radius 3 is 2.20 bits per heavy atom.